The summed E-state index contributed by atoms with van der Waals surface area (Å²) in [5.41, 5.74) is 0.787. The molecule has 2 aromatic heterocycles. The van der Waals surface area contributed by atoms with Crippen LogP contribution in [0.5, 0.6) is 5.75 Å². The average Bonchev–Trinajstić information content (AvgIpc) is 3.51. The summed E-state index contributed by atoms with van der Waals surface area (Å²) in [5.74, 6) is 0.363. The van der Waals surface area contributed by atoms with E-state index >= 15 is 0 Å². The van der Waals surface area contributed by atoms with Gasteiger partial charge in [-0.25, -0.2) is 0 Å². The number of carbonyl (C=O) groups is 2. The second-order valence-electron chi connectivity index (χ2n) is 9.20. The minimum absolute atomic E-state index is 0.138. The van der Waals surface area contributed by atoms with Crippen LogP contribution in [0.1, 0.15) is 56.4 Å². The molecule has 0 bridgehead atoms. The van der Waals surface area contributed by atoms with Crippen molar-refractivity contribution >= 4 is 28.8 Å². The van der Waals surface area contributed by atoms with Gasteiger partial charge in [-0.2, -0.15) is 5.10 Å². The number of nitrogens with one attached hydrogen (secondary N) is 1. The summed E-state index contributed by atoms with van der Waals surface area (Å²) in [7, 11) is 0. The summed E-state index contributed by atoms with van der Waals surface area (Å²) in [6, 6.07) is 13.3. The van der Waals surface area contributed by atoms with Crippen LogP contribution in [0.2, 0.25) is 0 Å². The van der Waals surface area contributed by atoms with Crippen LogP contribution in [0.25, 0.3) is 10.6 Å². The fourth-order valence-electron chi connectivity index (χ4n) is 4.98. The Labute approximate surface area is 203 Å². The van der Waals surface area contributed by atoms with Crippen molar-refractivity contribution in [2.24, 2.45) is 0 Å². The molecule has 1 atom stereocenters. The van der Waals surface area contributed by atoms with Crippen molar-refractivity contribution in [3.05, 3.63) is 53.5 Å². The zero-order valence-electron chi connectivity index (χ0n) is 19.6. The molecule has 34 heavy (non-hydrogen) atoms. The number of hydrogen-bond acceptors (Lipinski definition) is 5. The lowest BCUT2D eigenvalue weighted by molar-refractivity contribution is -0.127. The first kappa shape index (κ1) is 22.7. The molecule has 1 saturated carbocycles. The molecule has 3 aromatic rings. The molecule has 5 rings (SSSR count). The number of carbonyl (C=O) groups excluding carboxylic acids is 2. The van der Waals surface area contributed by atoms with Gasteiger partial charge < -0.3 is 10.1 Å². The van der Waals surface area contributed by atoms with Crippen LogP contribution in [-0.4, -0.2) is 39.8 Å². The number of hydrogen-bond donors (Lipinski definition) is 1. The minimum Gasteiger partial charge on any atom is -0.494 e. The van der Waals surface area contributed by atoms with Gasteiger partial charge in [-0.15, -0.1) is 11.3 Å². The van der Waals surface area contributed by atoms with Gasteiger partial charge in [0, 0.05) is 11.7 Å². The molecule has 0 saturated heterocycles. The zero-order valence-corrected chi connectivity index (χ0v) is 20.4. The summed E-state index contributed by atoms with van der Waals surface area (Å²) in [6.07, 6.45) is 5.42. The number of aromatic nitrogens is 2. The predicted octanol–water partition coefficient (Wildman–Crippen LogP) is 4.88. The molecule has 1 aromatic carbocycles. The van der Waals surface area contributed by atoms with Crippen molar-refractivity contribution in [1.29, 1.82) is 0 Å². The van der Waals surface area contributed by atoms with E-state index in [4.69, 9.17) is 9.84 Å². The topological polar surface area (TPSA) is 76.5 Å². The van der Waals surface area contributed by atoms with Crippen LogP contribution < -0.4 is 15.0 Å². The normalized spacial score (nSPS) is 20.8. The second-order valence-corrected chi connectivity index (χ2v) is 10.1. The number of fused-ring (bicyclic) bond motifs is 1. The average molecular weight is 479 g/mol. The summed E-state index contributed by atoms with van der Waals surface area (Å²) in [6.45, 7) is 4.62. The Morgan fingerprint density at radius 1 is 1.21 bits per heavy atom. The lowest BCUT2D eigenvalue weighted by atomic mass is 9.91. The fraction of sp³-hybridized carbons (Fsp3) is 0.423. The quantitative estimate of drug-likeness (QED) is 0.548. The van der Waals surface area contributed by atoms with Crippen molar-refractivity contribution in [2.75, 3.05) is 11.5 Å². The highest BCUT2D eigenvalue weighted by atomic mass is 32.1. The molecule has 2 amide bonds. The molecule has 8 heteroatoms. The largest absolute Gasteiger partial charge is 0.494 e. The van der Waals surface area contributed by atoms with E-state index in [-0.39, 0.29) is 24.4 Å². The van der Waals surface area contributed by atoms with Gasteiger partial charge in [0.05, 0.1) is 18.0 Å². The smallest absolute Gasteiger partial charge is 0.277 e. The molecule has 0 radical (unpaired) electrons. The van der Waals surface area contributed by atoms with E-state index in [1.807, 2.05) is 61.7 Å². The van der Waals surface area contributed by atoms with Crippen LogP contribution >= 0.6 is 11.3 Å². The van der Waals surface area contributed by atoms with Crippen molar-refractivity contribution in [2.45, 2.75) is 64.1 Å². The van der Waals surface area contributed by atoms with E-state index in [9.17, 15) is 9.59 Å². The molecule has 3 heterocycles. The van der Waals surface area contributed by atoms with Gasteiger partial charge in [-0.05, 0) is 68.5 Å². The molecular weight excluding hydrogens is 448 g/mol. The Kier molecular flexibility index (Phi) is 6.16. The van der Waals surface area contributed by atoms with Crippen LogP contribution in [0, 0.1) is 0 Å². The number of benzene rings is 1. The van der Waals surface area contributed by atoms with Gasteiger partial charge >= 0.3 is 0 Å². The van der Waals surface area contributed by atoms with Crippen LogP contribution in [0.3, 0.4) is 0 Å². The summed E-state index contributed by atoms with van der Waals surface area (Å²) < 4.78 is 7.28. The lowest BCUT2D eigenvalue weighted by Crippen LogP contribution is -2.65. The molecule has 178 valence electrons. The van der Waals surface area contributed by atoms with Gasteiger partial charge in [0.1, 0.15) is 22.7 Å². The van der Waals surface area contributed by atoms with Gasteiger partial charge in [0.2, 0.25) is 5.91 Å². The third kappa shape index (κ3) is 4.11. The Morgan fingerprint density at radius 3 is 2.65 bits per heavy atom. The van der Waals surface area contributed by atoms with Gasteiger partial charge in [0.15, 0.2) is 0 Å². The molecule has 7 nitrogen and oxygen atoms in total. The maximum atomic E-state index is 13.9. The van der Waals surface area contributed by atoms with Crippen molar-refractivity contribution in [3.63, 3.8) is 0 Å². The second kappa shape index (κ2) is 9.25. The number of thiophene rings is 1. The van der Waals surface area contributed by atoms with E-state index in [2.05, 4.69) is 5.32 Å². The number of rotatable bonds is 6. The Hall–Kier alpha value is -3.13. The maximum Gasteiger partial charge on any atom is 0.277 e. The third-order valence-electron chi connectivity index (χ3n) is 6.76. The van der Waals surface area contributed by atoms with Crippen LogP contribution in [0.15, 0.2) is 47.8 Å². The monoisotopic (exact) mass is 478 g/mol. The zero-order chi connectivity index (χ0) is 23.7. The standard InChI is InChI=1S/C26H30N4O3S/c1-3-33-20-13-11-19(12-14-20)30-24(31)22-16-21(23-10-7-15-34-23)28-29(22)17-26(30,2)25(32)27-18-8-5-4-6-9-18/h7,10-16,18H,3-6,8-9,17H2,1-2H3,(H,27,32). The molecule has 2 aliphatic rings. The summed E-state index contributed by atoms with van der Waals surface area (Å²) in [5, 5.41) is 9.95. The Balaban J connectivity index is 1.53. The lowest BCUT2D eigenvalue weighted by Gasteiger charge is -2.44. The molecule has 0 spiro atoms. The fourth-order valence-corrected chi connectivity index (χ4v) is 5.66. The van der Waals surface area contributed by atoms with E-state index < -0.39 is 5.54 Å². The summed E-state index contributed by atoms with van der Waals surface area (Å²) in [4.78, 5) is 30.3. The summed E-state index contributed by atoms with van der Waals surface area (Å²) >= 11 is 1.58. The Morgan fingerprint density at radius 2 is 1.97 bits per heavy atom. The van der Waals surface area contributed by atoms with Crippen molar-refractivity contribution in [1.82, 2.24) is 15.1 Å². The highest BCUT2D eigenvalue weighted by Crippen LogP contribution is 2.36. The predicted molar refractivity (Wildman–Crippen MR) is 133 cm³/mol. The molecule has 1 fully saturated rings. The number of ether oxygens (including phenoxy) is 1. The van der Waals surface area contributed by atoms with E-state index in [1.165, 1.54) is 6.42 Å². The van der Waals surface area contributed by atoms with E-state index in [0.29, 0.717) is 18.0 Å². The van der Waals surface area contributed by atoms with E-state index in [1.54, 1.807) is 20.9 Å². The SMILES string of the molecule is CCOc1ccc(N2C(=O)c3cc(-c4cccs4)nn3CC2(C)C(=O)NC2CCCCC2)cc1. The first-order valence-corrected chi connectivity index (χ1v) is 12.9. The molecule has 1 aliphatic heterocycles. The maximum absolute atomic E-state index is 13.9. The van der Waals surface area contributed by atoms with Crippen molar-refractivity contribution in [3.8, 4) is 16.3 Å². The van der Waals surface area contributed by atoms with Crippen LogP contribution in [-0.2, 0) is 11.3 Å². The van der Waals surface area contributed by atoms with Gasteiger partial charge in [0.25, 0.3) is 5.91 Å². The number of nitrogens with zero attached hydrogens (tertiary/aromatic N) is 3. The number of amides is 2. The van der Waals surface area contributed by atoms with Gasteiger partial charge in [-0.3, -0.25) is 19.2 Å². The molecule has 1 unspecified atom stereocenters. The Bertz CT molecular complexity index is 1170. The van der Waals surface area contributed by atoms with E-state index in [0.717, 1.165) is 42.0 Å². The first-order chi connectivity index (χ1) is 16.5. The first-order valence-electron chi connectivity index (χ1n) is 12.0. The third-order valence-corrected chi connectivity index (χ3v) is 7.65. The highest BCUT2D eigenvalue weighted by molar-refractivity contribution is 7.13. The molecule has 1 aliphatic carbocycles. The van der Waals surface area contributed by atoms with Gasteiger partial charge in [-0.1, -0.05) is 25.3 Å². The molecular formula is C26H30N4O3S. The molecule has 1 N–H and O–H groups in total. The highest BCUT2D eigenvalue weighted by Gasteiger charge is 2.49. The van der Waals surface area contributed by atoms with Crippen LogP contribution in [0.4, 0.5) is 5.69 Å². The number of anilines is 1. The van der Waals surface area contributed by atoms with Crippen molar-refractivity contribution < 1.29 is 14.3 Å². The minimum atomic E-state index is -1.12.